The van der Waals surface area contributed by atoms with Gasteiger partial charge in [-0.25, -0.2) is 0 Å². The van der Waals surface area contributed by atoms with Gasteiger partial charge < -0.3 is 9.64 Å². The summed E-state index contributed by atoms with van der Waals surface area (Å²) in [5.74, 6) is 1.58. The summed E-state index contributed by atoms with van der Waals surface area (Å²) in [6.45, 7) is 5.81. The number of nitrogens with zero attached hydrogens (tertiary/aromatic N) is 2. The van der Waals surface area contributed by atoms with Gasteiger partial charge in [-0.3, -0.25) is 9.78 Å². The average Bonchev–Trinajstić information content (AvgIpc) is 3.62. The number of rotatable bonds is 4. The maximum absolute atomic E-state index is 12.2. The lowest BCUT2D eigenvalue weighted by atomic mass is 9.99. The average molecular weight is 401 g/mol. The molecule has 30 heavy (non-hydrogen) atoms. The summed E-state index contributed by atoms with van der Waals surface area (Å²) in [5, 5.41) is 2.47. The van der Waals surface area contributed by atoms with Gasteiger partial charge in [-0.05, 0) is 67.0 Å². The van der Waals surface area contributed by atoms with Crippen LogP contribution in [0.3, 0.4) is 0 Å². The van der Waals surface area contributed by atoms with Gasteiger partial charge in [0.15, 0.2) is 0 Å². The normalized spacial score (nSPS) is 17.3. The van der Waals surface area contributed by atoms with Crippen molar-refractivity contribution in [2.75, 3.05) is 13.1 Å². The molecule has 0 spiro atoms. The minimum Gasteiger partial charge on any atom is -0.490 e. The second-order valence-electron chi connectivity index (χ2n) is 8.73. The molecule has 0 bridgehead atoms. The number of carbonyl (C=O) groups excluding carboxylic acids is 1. The third-order valence-corrected chi connectivity index (χ3v) is 6.46. The molecule has 5 rings (SSSR count). The van der Waals surface area contributed by atoms with E-state index in [1.54, 1.807) is 0 Å². The molecule has 0 unspecified atom stereocenters. The predicted molar refractivity (Wildman–Crippen MR) is 120 cm³/mol. The zero-order valence-corrected chi connectivity index (χ0v) is 17.7. The van der Waals surface area contributed by atoms with Crippen molar-refractivity contribution < 1.29 is 9.53 Å². The number of amides is 1. The van der Waals surface area contributed by atoms with Gasteiger partial charge in [0.05, 0.1) is 0 Å². The Balaban J connectivity index is 1.25. The second kappa shape index (κ2) is 7.75. The van der Waals surface area contributed by atoms with E-state index in [4.69, 9.17) is 4.74 Å². The molecule has 4 heteroatoms. The highest BCUT2D eigenvalue weighted by Gasteiger charge is 2.35. The molecule has 1 aliphatic carbocycles. The smallest absolute Gasteiger partial charge is 0.225 e. The molecular formula is C26H28N2O2. The molecule has 2 aromatic carbocycles. The summed E-state index contributed by atoms with van der Waals surface area (Å²) in [5.41, 5.74) is 4.65. The maximum Gasteiger partial charge on any atom is 0.225 e. The predicted octanol–water partition coefficient (Wildman–Crippen LogP) is 5.30. The molecule has 1 aromatic heterocycles. The Morgan fingerprint density at radius 2 is 1.63 bits per heavy atom. The number of fused-ring (bicyclic) bond motifs is 1. The second-order valence-corrected chi connectivity index (χ2v) is 8.73. The van der Waals surface area contributed by atoms with Crippen molar-refractivity contribution in [1.29, 1.82) is 0 Å². The molecule has 0 atom stereocenters. The fourth-order valence-corrected chi connectivity index (χ4v) is 4.40. The first-order valence-corrected chi connectivity index (χ1v) is 11.0. The first-order valence-electron chi connectivity index (χ1n) is 11.0. The molecule has 2 aliphatic rings. The van der Waals surface area contributed by atoms with Crippen LogP contribution in [0.25, 0.3) is 21.9 Å². The highest BCUT2D eigenvalue weighted by molar-refractivity contribution is 5.91. The van der Waals surface area contributed by atoms with E-state index >= 15 is 0 Å². The maximum atomic E-state index is 12.2. The topological polar surface area (TPSA) is 42.4 Å². The molecule has 154 valence electrons. The highest BCUT2D eigenvalue weighted by Crippen LogP contribution is 2.33. The van der Waals surface area contributed by atoms with E-state index in [9.17, 15) is 4.79 Å². The van der Waals surface area contributed by atoms with Crippen molar-refractivity contribution in [2.45, 2.75) is 45.6 Å². The number of ether oxygens (including phenoxy) is 1. The summed E-state index contributed by atoms with van der Waals surface area (Å²) >= 11 is 0. The number of likely N-dealkylation sites (tertiary alicyclic amines) is 1. The van der Waals surface area contributed by atoms with E-state index < -0.39 is 0 Å². The van der Waals surface area contributed by atoms with Gasteiger partial charge in [0.25, 0.3) is 0 Å². The molecule has 2 heterocycles. The Morgan fingerprint density at radius 3 is 2.33 bits per heavy atom. The SMILES string of the molecule is Cc1cnc(C)c2ccc(-c3ccc(OC4CCN(C(=O)C5CC5)CC4)cc3)cc12. The number of hydrogen-bond acceptors (Lipinski definition) is 3. The molecular weight excluding hydrogens is 372 g/mol. The van der Waals surface area contributed by atoms with Crippen LogP contribution in [-0.2, 0) is 4.79 Å². The van der Waals surface area contributed by atoms with Crippen LogP contribution in [0.15, 0.2) is 48.7 Å². The summed E-state index contributed by atoms with van der Waals surface area (Å²) < 4.78 is 6.21. The third kappa shape index (κ3) is 3.79. The lowest BCUT2D eigenvalue weighted by Crippen LogP contribution is -2.42. The van der Waals surface area contributed by atoms with Crippen molar-refractivity contribution in [2.24, 2.45) is 5.92 Å². The number of pyridine rings is 1. The molecule has 3 aromatic rings. The van der Waals surface area contributed by atoms with E-state index in [-0.39, 0.29) is 6.10 Å². The summed E-state index contributed by atoms with van der Waals surface area (Å²) in [4.78, 5) is 18.7. The van der Waals surface area contributed by atoms with Gasteiger partial charge in [0.1, 0.15) is 11.9 Å². The number of aryl methyl sites for hydroxylation is 2. The number of benzene rings is 2. The summed E-state index contributed by atoms with van der Waals surface area (Å²) in [6.07, 6.45) is 6.12. The van der Waals surface area contributed by atoms with E-state index in [2.05, 4.69) is 61.3 Å². The van der Waals surface area contributed by atoms with Crippen LogP contribution in [0.2, 0.25) is 0 Å². The van der Waals surface area contributed by atoms with Crippen molar-refractivity contribution in [3.8, 4) is 16.9 Å². The van der Waals surface area contributed by atoms with Gasteiger partial charge in [-0.1, -0.05) is 24.3 Å². The van der Waals surface area contributed by atoms with Crippen LogP contribution in [0.5, 0.6) is 5.75 Å². The molecule has 0 radical (unpaired) electrons. The lowest BCUT2D eigenvalue weighted by Gasteiger charge is -2.32. The van der Waals surface area contributed by atoms with Crippen LogP contribution in [0.1, 0.15) is 36.9 Å². The van der Waals surface area contributed by atoms with Gasteiger partial charge in [-0.2, -0.15) is 0 Å². The fourth-order valence-electron chi connectivity index (χ4n) is 4.40. The van der Waals surface area contributed by atoms with Crippen LogP contribution in [-0.4, -0.2) is 35.0 Å². The van der Waals surface area contributed by atoms with E-state index in [0.717, 1.165) is 50.2 Å². The lowest BCUT2D eigenvalue weighted by molar-refractivity contribution is -0.134. The van der Waals surface area contributed by atoms with Crippen molar-refractivity contribution in [3.05, 3.63) is 59.9 Å². The van der Waals surface area contributed by atoms with Crippen LogP contribution >= 0.6 is 0 Å². The molecule has 1 saturated heterocycles. The number of hydrogen-bond donors (Lipinski definition) is 0. The Morgan fingerprint density at radius 1 is 0.933 bits per heavy atom. The Hall–Kier alpha value is -2.88. The van der Waals surface area contributed by atoms with Crippen molar-refractivity contribution in [3.63, 3.8) is 0 Å². The van der Waals surface area contributed by atoms with Crippen LogP contribution in [0, 0.1) is 19.8 Å². The minimum absolute atomic E-state index is 0.192. The van der Waals surface area contributed by atoms with Crippen LogP contribution < -0.4 is 4.74 Å². The number of aromatic nitrogens is 1. The molecule has 0 N–H and O–H groups in total. The monoisotopic (exact) mass is 400 g/mol. The first-order chi connectivity index (χ1) is 14.6. The van der Waals surface area contributed by atoms with Gasteiger partial charge >= 0.3 is 0 Å². The quantitative estimate of drug-likeness (QED) is 0.597. The highest BCUT2D eigenvalue weighted by atomic mass is 16.5. The molecule has 4 nitrogen and oxygen atoms in total. The Bertz CT molecular complexity index is 1080. The molecule has 2 fully saturated rings. The third-order valence-electron chi connectivity index (χ3n) is 6.46. The first kappa shape index (κ1) is 19.1. The minimum atomic E-state index is 0.192. The summed E-state index contributed by atoms with van der Waals surface area (Å²) in [6, 6.07) is 15.0. The van der Waals surface area contributed by atoms with Crippen molar-refractivity contribution in [1.82, 2.24) is 9.88 Å². The molecule has 1 aliphatic heterocycles. The van der Waals surface area contributed by atoms with Gasteiger partial charge in [0, 0.05) is 49.1 Å². The van der Waals surface area contributed by atoms with Crippen LogP contribution in [0.4, 0.5) is 0 Å². The zero-order chi connectivity index (χ0) is 20.7. The zero-order valence-electron chi connectivity index (χ0n) is 17.7. The van der Waals surface area contributed by atoms with E-state index in [0.29, 0.717) is 11.8 Å². The number of carbonyl (C=O) groups is 1. The number of piperidine rings is 1. The van der Waals surface area contributed by atoms with E-state index in [1.807, 2.05) is 11.1 Å². The standard InChI is InChI=1S/C26H28N2O2/c1-17-16-27-18(2)24-10-7-21(15-25(17)24)19-5-8-22(9-6-19)30-23-11-13-28(14-12-23)26(29)20-3-4-20/h5-10,15-16,20,23H,3-4,11-14H2,1-2H3. The Kier molecular flexibility index (Phi) is 4.93. The van der Waals surface area contributed by atoms with Gasteiger partial charge in [-0.15, -0.1) is 0 Å². The summed E-state index contributed by atoms with van der Waals surface area (Å²) in [7, 11) is 0. The molecule has 1 saturated carbocycles. The fraction of sp³-hybridized carbons (Fsp3) is 0.385. The van der Waals surface area contributed by atoms with E-state index in [1.165, 1.54) is 27.5 Å². The van der Waals surface area contributed by atoms with Gasteiger partial charge in [0.2, 0.25) is 5.91 Å². The van der Waals surface area contributed by atoms with Crippen molar-refractivity contribution >= 4 is 16.7 Å². The largest absolute Gasteiger partial charge is 0.490 e. The Labute approximate surface area is 177 Å². The molecule has 1 amide bonds.